The Morgan fingerprint density at radius 3 is 2.94 bits per heavy atom. The number of imidazole rings is 1. The van der Waals surface area contributed by atoms with Gasteiger partial charge in [-0.2, -0.15) is 0 Å². The van der Waals surface area contributed by atoms with Crippen molar-refractivity contribution in [2.45, 2.75) is 6.42 Å². The van der Waals surface area contributed by atoms with E-state index in [1.807, 2.05) is 17.8 Å². The topological polar surface area (TPSA) is 39.1 Å². The predicted molar refractivity (Wildman–Crippen MR) is 68.4 cm³/mol. The van der Waals surface area contributed by atoms with Crippen molar-refractivity contribution in [3.63, 3.8) is 0 Å². The first-order valence-corrected chi connectivity index (χ1v) is 5.74. The van der Waals surface area contributed by atoms with Crippen molar-refractivity contribution in [3.05, 3.63) is 42.2 Å². The summed E-state index contributed by atoms with van der Waals surface area (Å²) in [7, 11) is 3.42. The summed E-state index contributed by atoms with van der Waals surface area (Å²) < 4.78 is 20.1. The number of aryl methyl sites for hydroxylation is 1. The maximum absolute atomic E-state index is 13.2. The number of halogens is 1. The van der Waals surface area contributed by atoms with Gasteiger partial charge in [-0.1, -0.05) is 0 Å². The third-order valence-electron chi connectivity index (χ3n) is 2.75. The van der Waals surface area contributed by atoms with Crippen molar-refractivity contribution in [2.75, 3.05) is 19.0 Å². The molecule has 0 fully saturated rings. The van der Waals surface area contributed by atoms with Gasteiger partial charge in [0, 0.05) is 44.2 Å². The fourth-order valence-corrected chi connectivity index (χ4v) is 1.73. The molecular weight excluding hydrogens is 233 g/mol. The first-order chi connectivity index (χ1) is 8.70. The monoisotopic (exact) mass is 249 g/mol. The van der Waals surface area contributed by atoms with Crippen molar-refractivity contribution in [1.82, 2.24) is 9.55 Å². The number of benzene rings is 1. The van der Waals surface area contributed by atoms with Crippen LogP contribution in [0.1, 0.15) is 5.82 Å². The van der Waals surface area contributed by atoms with Crippen LogP contribution in [0, 0.1) is 5.82 Å². The maximum Gasteiger partial charge on any atom is 0.165 e. The molecule has 5 heteroatoms. The Morgan fingerprint density at radius 1 is 1.44 bits per heavy atom. The highest BCUT2D eigenvalue weighted by Gasteiger charge is 2.03. The molecule has 0 aliphatic carbocycles. The van der Waals surface area contributed by atoms with E-state index in [-0.39, 0.29) is 11.6 Å². The molecule has 4 nitrogen and oxygen atoms in total. The highest BCUT2D eigenvalue weighted by molar-refractivity contribution is 5.48. The maximum atomic E-state index is 13.2. The van der Waals surface area contributed by atoms with E-state index >= 15 is 0 Å². The molecule has 2 rings (SSSR count). The average Bonchev–Trinajstić information content (AvgIpc) is 2.77. The number of hydrogen-bond donors (Lipinski definition) is 1. The van der Waals surface area contributed by atoms with Gasteiger partial charge in [-0.15, -0.1) is 0 Å². The number of methoxy groups -OCH3 is 1. The van der Waals surface area contributed by atoms with Crippen LogP contribution in [0.3, 0.4) is 0 Å². The van der Waals surface area contributed by atoms with Crippen LogP contribution in [-0.2, 0) is 13.5 Å². The molecule has 1 N–H and O–H groups in total. The minimum Gasteiger partial charge on any atom is -0.494 e. The Hall–Kier alpha value is -2.04. The molecule has 1 heterocycles. The van der Waals surface area contributed by atoms with Crippen LogP contribution in [0.2, 0.25) is 0 Å². The van der Waals surface area contributed by atoms with E-state index in [0.29, 0.717) is 0 Å². The van der Waals surface area contributed by atoms with Crippen LogP contribution in [0.15, 0.2) is 30.6 Å². The van der Waals surface area contributed by atoms with Gasteiger partial charge in [-0.3, -0.25) is 0 Å². The Bertz CT molecular complexity index is 525. The van der Waals surface area contributed by atoms with Crippen LogP contribution in [0.25, 0.3) is 0 Å². The number of nitrogens with one attached hydrogen (secondary N) is 1. The first kappa shape index (κ1) is 12.4. The van der Waals surface area contributed by atoms with Crippen molar-refractivity contribution in [3.8, 4) is 5.75 Å². The Morgan fingerprint density at radius 2 is 2.28 bits per heavy atom. The quantitative estimate of drug-likeness (QED) is 0.883. The second kappa shape index (κ2) is 5.53. The largest absolute Gasteiger partial charge is 0.494 e. The van der Waals surface area contributed by atoms with Crippen molar-refractivity contribution in [1.29, 1.82) is 0 Å². The summed E-state index contributed by atoms with van der Waals surface area (Å²) in [6.45, 7) is 0.736. The van der Waals surface area contributed by atoms with E-state index in [1.54, 1.807) is 18.3 Å². The third kappa shape index (κ3) is 2.80. The summed E-state index contributed by atoms with van der Waals surface area (Å²) >= 11 is 0. The molecule has 0 saturated heterocycles. The molecule has 96 valence electrons. The standard InChI is InChI=1S/C13H16FN3O/c1-17-8-7-16-13(17)5-6-15-10-3-4-11(14)12(9-10)18-2/h3-4,7-9,15H,5-6H2,1-2H3. The van der Waals surface area contributed by atoms with Crippen molar-refractivity contribution < 1.29 is 9.13 Å². The summed E-state index contributed by atoms with van der Waals surface area (Å²) in [6.07, 6.45) is 4.50. The minimum atomic E-state index is -0.354. The fraction of sp³-hybridized carbons (Fsp3) is 0.308. The first-order valence-electron chi connectivity index (χ1n) is 5.74. The molecule has 0 saturated carbocycles. The van der Waals surface area contributed by atoms with Crippen molar-refractivity contribution >= 4 is 5.69 Å². The zero-order chi connectivity index (χ0) is 13.0. The van der Waals surface area contributed by atoms with E-state index in [9.17, 15) is 4.39 Å². The molecule has 0 unspecified atom stereocenters. The van der Waals surface area contributed by atoms with Gasteiger partial charge in [-0.05, 0) is 12.1 Å². The van der Waals surface area contributed by atoms with Crippen LogP contribution in [-0.4, -0.2) is 23.2 Å². The smallest absolute Gasteiger partial charge is 0.165 e. The summed E-state index contributed by atoms with van der Waals surface area (Å²) in [5, 5.41) is 3.21. The normalized spacial score (nSPS) is 10.4. The number of anilines is 1. The van der Waals surface area contributed by atoms with Gasteiger partial charge in [0.05, 0.1) is 7.11 Å². The van der Waals surface area contributed by atoms with Gasteiger partial charge in [0.1, 0.15) is 5.82 Å². The van der Waals surface area contributed by atoms with E-state index in [4.69, 9.17) is 4.74 Å². The zero-order valence-electron chi connectivity index (χ0n) is 10.5. The van der Waals surface area contributed by atoms with E-state index < -0.39 is 0 Å². The number of rotatable bonds is 5. The summed E-state index contributed by atoms with van der Waals surface area (Å²) in [5.74, 6) is 0.903. The molecule has 0 atom stereocenters. The second-order valence-corrected chi connectivity index (χ2v) is 3.98. The third-order valence-corrected chi connectivity index (χ3v) is 2.75. The van der Waals surface area contributed by atoms with Gasteiger partial charge >= 0.3 is 0 Å². The Kier molecular flexibility index (Phi) is 3.82. The molecule has 0 amide bonds. The molecule has 2 aromatic rings. The minimum absolute atomic E-state index is 0.247. The molecule has 0 bridgehead atoms. The second-order valence-electron chi connectivity index (χ2n) is 3.98. The molecule has 1 aromatic heterocycles. The number of nitrogens with zero attached hydrogens (tertiary/aromatic N) is 2. The molecule has 0 spiro atoms. The SMILES string of the molecule is COc1cc(NCCc2nccn2C)ccc1F. The number of ether oxygens (including phenoxy) is 1. The van der Waals surface area contributed by atoms with Gasteiger partial charge in [-0.25, -0.2) is 9.37 Å². The van der Waals surface area contributed by atoms with Crippen LogP contribution < -0.4 is 10.1 Å². The molecule has 18 heavy (non-hydrogen) atoms. The van der Waals surface area contributed by atoms with Crippen molar-refractivity contribution in [2.24, 2.45) is 7.05 Å². The van der Waals surface area contributed by atoms with Crippen LogP contribution in [0.5, 0.6) is 5.75 Å². The summed E-state index contributed by atoms with van der Waals surface area (Å²) in [6, 6.07) is 4.73. The van der Waals surface area contributed by atoms with Crippen LogP contribution >= 0.6 is 0 Å². The van der Waals surface area contributed by atoms with E-state index in [2.05, 4.69) is 10.3 Å². The van der Waals surface area contributed by atoms with Gasteiger partial charge < -0.3 is 14.6 Å². The zero-order valence-corrected chi connectivity index (χ0v) is 10.5. The molecule has 0 aliphatic rings. The molecule has 0 radical (unpaired) electrons. The Labute approximate surface area is 105 Å². The lowest BCUT2D eigenvalue weighted by atomic mass is 10.2. The van der Waals surface area contributed by atoms with Crippen LogP contribution in [0.4, 0.5) is 10.1 Å². The van der Waals surface area contributed by atoms with Gasteiger partial charge in [0.15, 0.2) is 11.6 Å². The molecule has 0 aliphatic heterocycles. The van der Waals surface area contributed by atoms with Gasteiger partial charge in [0.25, 0.3) is 0 Å². The molecule has 1 aromatic carbocycles. The fourth-order valence-electron chi connectivity index (χ4n) is 1.73. The molecular formula is C13H16FN3O. The lowest BCUT2D eigenvalue weighted by molar-refractivity contribution is 0.387. The number of aromatic nitrogens is 2. The van der Waals surface area contributed by atoms with E-state index in [1.165, 1.54) is 13.2 Å². The summed E-state index contributed by atoms with van der Waals surface area (Å²) in [4.78, 5) is 4.23. The number of hydrogen-bond acceptors (Lipinski definition) is 3. The van der Waals surface area contributed by atoms with Gasteiger partial charge in [0.2, 0.25) is 0 Å². The van der Waals surface area contributed by atoms with E-state index in [0.717, 1.165) is 24.5 Å². The summed E-state index contributed by atoms with van der Waals surface area (Å²) in [5.41, 5.74) is 0.836. The average molecular weight is 249 g/mol. The highest BCUT2D eigenvalue weighted by atomic mass is 19.1. The lowest BCUT2D eigenvalue weighted by Crippen LogP contribution is -2.08. The highest BCUT2D eigenvalue weighted by Crippen LogP contribution is 2.21. The lowest BCUT2D eigenvalue weighted by Gasteiger charge is -2.08. The Balaban J connectivity index is 1.92. The predicted octanol–water partition coefficient (Wildman–Crippen LogP) is 2.22.